The predicted molar refractivity (Wildman–Crippen MR) is 86.9 cm³/mol. The Hall–Kier alpha value is -2.89. The molecule has 0 atom stereocenters. The smallest absolute Gasteiger partial charge is 0.246 e. The number of rotatable bonds is 4. The quantitative estimate of drug-likeness (QED) is 0.801. The molecule has 0 spiro atoms. The number of amides is 1. The van der Waals surface area contributed by atoms with E-state index in [4.69, 9.17) is 0 Å². The van der Waals surface area contributed by atoms with Crippen molar-refractivity contribution in [2.45, 2.75) is 6.54 Å². The number of benzene rings is 2. The topological polar surface area (TPSA) is 63.1 Å². The molecule has 6 heteroatoms. The molecule has 1 aromatic heterocycles. The minimum absolute atomic E-state index is 0.131. The van der Waals surface area contributed by atoms with Crippen molar-refractivity contribution in [3.05, 3.63) is 48.5 Å². The van der Waals surface area contributed by atoms with Crippen LogP contribution in [-0.4, -0.2) is 35.0 Å². The zero-order valence-electron chi connectivity index (χ0n) is 12.5. The Morgan fingerprint density at radius 2 is 1.86 bits per heavy atom. The third-order valence-corrected chi connectivity index (χ3v) is 3.38. The number of anilines is 2. The standard InChI is InChI=1S/C16H17N5O/c1-20(2)13-9-7-12(8-10-13)17-16(22)11-21-15-6-4-3-5-14(15)18-19-21/h3-10H,11H2,1-2H3,(H,17,22). The minimum atomic E-state index is -0.131. The summed E-state index contributed by atoms with van der Waals surface area (Å²) in [4.78, 5) is 14.1. The Morgan fingerprint density at radius 1 is 1.14 bits per heavy atom. The molecule has 0 saturated carbocycles. The Bertz CT molecular complexity index is 792. The lowest BCUT2D eigenvalue weighted by atomic mass is 10.2. The molecule has 0 saturated heterocycles. The molecule has 0 aliphatic rings. The molecule has 0 radical (unpaired) electrons. The summed E-state index contributed by atoms with van der Waals surface area (Å²) in [7, 11) is 3.95. The molecule has 3 rings (SSSR count). The number of nitrogens with zero attached hydrogens (tertiary/aromatic N) is 4. The Balaban J connectivity index is 1.69. The zero-order valence-corrected chi connectivity index (χ0v) is 12.5. The van der Waals surface area contributed by atoms with Crippen LogP contribution in [0.4, 0.5) is 11.4 Å². The summed E-state index contributed by atoms with van der Waals surface area (Å²) in [5.41, 5.74) is 3.48. The molecular weight excluding hydrogens is 278 g/mol. The largest absolute Gasteiger partial charge is 0.378 e. The lowest BCUT2D eigenvalue weighted by Gasteiger charge is -2.13. The van der Waals surface area contributed by atoms with E-state index >= 15 is 0 Å². The summed E-state index contributed by atoms with van der Waals surface area (Å²) in [6.45, 7) is 0.135. The first-order valence-corrected chi connectivity index (χ1v) is 6.99. The number of nitrogens with one attached hydrogen (secondary N) is 1. The van der Waals surface area contributed by atoms with Crippen molar-refractivity contribution in [1.29, 1.82) is 0 Å². The molecule has 0 unspecified atom stereocenters. The van der Waals surface area contributed by atoms with Gasteiger partial charge in [0.25, 0.3) is 0 Å². The Labute approximate surface area is 128 Å². The highest BCUT2D eigenvalue weighted by Crippen LogP contribution is 2.16. The monoisotopic (exact) mass is 295 g/mol. The first kappa shape index (κ1) is 14.1. The van der Waals surface area contributed by atoms with E-state index < -0.39 is 0 Å². The number of aromatic nitrogens is 3. The van der Waals surface area contributed by atoms with Gasteiger partial charge in [0.2, 0.25) is 5.91 Å². The van der Waals surface area contributed by atoms with Gasteiger partial charge in [-0.15, -0.1) is 5.10 Å². The van der Waals surface area contributed by atoms with E-state index in [0.717, 1.165) is 22.4 Å². The summed E-state index contributed by atoms with van der Waals surface area (Å²) >= 11 is 0. The van der Waals surface area contributed by atoms with E-state index in [1.165, 1.54) is 0 Å². The van der Waals surface area contributed by atoms with Crippen LogP contribution in [0.3, 0.4) is 0 Å². The molecule has 1 N–H and O–H groups in total. The maximum absolute atomic E-state index is 12.1. The second-order valence-corrected chi connectivity index (χ2v) is 5.23. The summed E-state index contributed by atoms with van der Waals surface area (Å²) in [6, 6.07) is 15.2. The molecule has 22 heavy (non-hydrogen) atoms. The lowest BCUT2D eigenvalue weighted by Crippen LogP contribution is -2.19. The summed E-state index contributed by atoms with van der Waals surface area (Å²) in [5.74, 6) is -0.131. The Kier molecular flexibility index (Phi) is 3.74. The molecule has 1 heterocycles. The average Bonchev–Trinajstić information content (AvgIpc) is 2.91. The third kappa shape index (κ3) is 2.90. The van der Waals surface area contributed by atoms with Crippen LogP contribution in [0.25, 0.3) is 11.0 Å². The van der Waals surface area contributed by atoms with Crippen LogP contribution < -0.4 is 10.2 Å². The molecule has 2 aromatic carbocycles. The molecule has 0 aliphatic heterocycles. The summed E-state index contributed by atoms with van der Waals surface area (Å²) in [6.07, 6.45) is 0. The molecule has 1 amide bonds. The van der Waals surface area contributed by atoms with Gasteiger partial charge in [0, 0.05) is 25.5 Å². The molecule has 0 fully saturated rings. The Morgan fingerprint density at radius 3 is 2.59 bits per heavy atom. The van der Waals surface area contributed by atoms with E-state index in [-0.39, 0.29) is 12.5 Å². The van der Waals surface area contributed by atoms with Crippen molar-refractivity contribution in [3.63, 3.8) is 0 Å². The van der Waals surface area contributed by atoms with E-state index in [1.54, 1.807) is 4.68 Å². The molecule has 0 bridgehead atoms. The molecule has 6 nitrogen and oxygen atoms in total. The van der Waals surface area contributed by atoms with Gasteiger partial charge in [0.15, 0.2) is 0 Å². The van der Waals surface area contributed by atoms with Crippen molar-refractivity contribution in [1.82, 2.24) is 15.0 Å². The summed E-state index contributed by atoms with van der Waals surface area (Å²) in [5, 5.41) is 10.9. The van der Waals surface area contributed by atoms with Crippen molar-refractivity contribution >= 4 is 28.3 Å². The van der Waals surface area contributed by atoms with Gasteiger partial charge in [-0.3, -0.25) is 4.79 Å². The van der Waals surface area contributed by atoms with Gasteiger partial charge in [-0.25, -0.2) is 4.68 Å². The number of para-hydroxylation sites is 1. The molecule has 3 aromatic rings. The number of carbonyl (C=O) groups excluding carboxylic acids is 1. The SMILES string of the molecule is CN(C)c1ccc(NC(=O)Cn2nnc3ccccc32)cc1. The second kappa shape index (κ2) is 5.85. The van der Waals surface area contributed by atoms with E-state index in [2.05, 4.69) is 15.6 Å². The molecule has 112 valence electrons. The van der Waals surface area contributed by atoms with Gasteiger partial charge >= 0.3 is 0 Å². The van der Waals surface area contributed by atoms with Crippen LogP contribution in [0.15, 0.2) is 48.5 Å². The normalized spacial score (nSPS) is 10.6. The maximum atomic E-state index is 12.1. The van der Waals surface area contributed by atoms with Gasteiger partial charge in [0.1, 0.15) is 12.1 Å². The van der Waals surface area contributed by atoms with Crippen molar-refractivity contribution in [2.24, 2.45) is 0 Å². The van der Waals surface area contributed by atoms with Crippen LogP contribution in [0.2, 0.25) is 0 Å². The van der Waals surface area contributed by atoms with Gasteiger partial charge in [0.05, 0.1) is 5.52 Å². The molecular formula is C16H17N5O. The highest BCUT2D eigenvalue weighted by molar-refractivity contribution is 5.91. The van der Waals surface area contributed by atoms with Crippen molar-refractivity contribution in [2.75, 3.05) is 24.3 Å². The fourth-order valence-electron chi connectivity index (χ4n) is 2.21. The molecule has 0 aliphatic carbocycles. The van der Waals surface area contributed by atoms with Crippen molar-refractivity contribution in [3.8, 4) is 0 Å². The van der Waals surface area contributed by atoms with Crippen LogP contribution in [0.5, 0.6) is 0 Å². The highest BCUT2D eigenvalue weighted by atomic mass is 16.2. The highest BCUT2D eigenvalue weighted by Gasteiger charge is 2.08. The number of fused-ring (bicyclic) bond motifs is 1. The average molecular weight is 295 g/mol. The minimum Gasteiger partial charge on any atom is -0.378 e. The van der Waals surface area contributed by atoms with Crippen LogP contribution >= 0.6 is 0 Å². The van der Waals surface area contributed by atoms with E-state index in [1.807, 2.05) is 67.5 Å². The van der Waals surface area contributed by atoms with E-state index in [9.17, 15) is 4.79 Å². The third-order valence-electron chi connectivity index (χ3n) is 3.38. The zero-order chi connectivity index (χ0) is 15.5. The van der Waals surface area contributed by atoms with Crippen LogP contribution in [0, 0.1) is 0 Å². The number of hydrogen-bond acceptors (Lipinski definition) is 4. The van der Waals surface area contributed by atoms with Crippen LogP contribution in [0.1, 0.15) is 0 Å². The number of hydrogen-bond donors (Lipinski definition) is 1. The van der Waals surface area contributed by atoms with Gasteiger partial charge in [-0.05, 0) is 36.4 Å². The van der Waals surface area contributed by atoms with Gasteiger partial charge in [-0.2, -0.15) is 0 Å². The second-order valence-electron chi connectivity index (χ2n) is 5.23. The van der Waals surface area contributed by atoms with Crippen molar-refractivity contribution < 1.29 is 4.79 Å². The number of carbonyl (C=O) groups is 1. The first-order valence-electron chi connectivity index (χ1n) is 6.99. The van der Waals surface area contributed by atoms with Gasteiger partial charge in [-0.1, -0.05) is 17.3 Å². The fourth-order valence-corrected chi connectivity index (χ4v) is 2.21. The summed E-state index contributed by atoms with van der Waals surface area (Å²) < 4.78 is 1.60. The van der Waals surface area contributed by atoms with Gasteiger partial charge < -0.3 is 10.2 Å². The maximum Gasteiger partial charge on any atom is 0.246 e. The van der Waals surface area contributed by atoms with E-state index in [0.29, 0.717) is 0 Å². The lowest BCUT2D eigenvalue weighted by molar-refractivity contribution is -0.116. The van der Waals surface area contributed by atoms with Crippen LogP contribution in [-0.2, 0) is 11.3 Å². The first-order chi connectivity index (χ1) is 10.6. The predicted octanol–water partition coefficient (Wildman–Crippen LogP) is 2.14. The fraction of sp³-hybridized carbons (Fsp3) is 0.188.